The number of hydrogen-bond donors (Lipinski definition) is 0. The number of rotatable bonds is 8. The van der Waals surface area contributed by atoms with E-state index in [1.807, 2.05) is 97.1 Å². The summed E-state index contributed by atoms with van der Waals surface area (Å²) in [4.78, 5) is 0. The van der Waals surface area contributed by atoms with Gasteiger partial charge in [0.15, 0.2) is 0 Å². The van der Waals surface area contributed by atoms with E-state index in [2.05, 4.69) is 97.1 Å². The summed E-state index contributed by atoms with van der Waals surface area (Å²) in [6, 6.07) is 64.1. The Balaban J connectivity index is 0.000000220. The van der Waals surface area contributed by atoms with E-state index in [0.717, 1.165) is 43.7 Å². The van der Waals surface area contributed by atoms with Gasteiger partial charge < -0.3 is 0 Å². The molecule has 60 heavy (non-hydrogen) atoms. The molecule has 0 aromatic heterocycles. The molecular weight excluding hydrogens is 944 g/mol. The molecule has 0 radical (unpaired) electrons. The molecule has 0 unspecified atom stereocenters. The largest absolute Gasteiger partial charge is 1.00 e. The maximum absolute atomic E-state index is 6.22. The van der Waals surface area contributed by atoms with Crippen LogP contribution in [0.1, 0.15) is 0 Å². The van der Waals surface area contributed by atoms with E-state index < -0.39 is 12.3 Å². The maximum atomic E-state index is 6.22. The van der Waals surface area contributed by atoms with E-state index in [1.54, 1.807) is 0 Å². The molecule has 0 amide bonds. The van der Waals surface area contributed by atoms with E-state index in [1.165, 1.54) is 0 Å². The zero-order chi connectivity index (χ0) is 40.9. The van der Waals surface area contributed by atoms with Gasteiger partial charge in [0.1, 0.15) is 12.3 Å². The summed E-state index contributed by atoms with van der Waals surface area (Å²) in [7, 11) is 0. The van der Waals surface area contributed by atoms with Crippen LogP contribution in [0, 0.1) is 0 Å². The monoisotopic (exact) mass is 972 g/mol. The fourth-order valence-electron chi connectivity index (χ4n) is 8.32. The zero-order valence-corrected chi connectivity index (χ0v) is 43.8. The smallest absolute Gasteiger partial charge is 0.195 e. The SMILES string of the molecule is Clc1ccc([B-](c2ccc(Cl)cc2)(c2ccc(Cl)cc2)c2ccc(Cl)cc2)cc1.Clc1ccc([B-](c2ccc(Cl)cc2)(c2ccc(Cl)cc2)c2ccc(Cl)cc2)cc1.[K+].[Na+]. The Kier molecular flexibility index (Phi) is 18.8. The average molecular weight is 976 g/mol. The molecule has 8 aromatic rings. The Bertz CT molecular complexity index is 2030. The van der Waals surface area contributed by atoms with Crippen LogP contribution in [-0.4, -0.2) is 12.3 Å². The molecule has 0 saturated carbocycles. The molecular formula is C48H32B2Cl8KNa. The van der Waals surface area contributed by atoms with Crippen LogP contribution in [-0.2, 0) is 0 Å². The number of halogens is 8. The third-order valence-corrected chi connectivity index (χ3v) is 13.0. The second-order valence-electron chi connectivity index (χ2n) is 14.1. The molecule has 0 nitrogen and oxygen atoms in total. The molecule has 0 spiro atoms. The topological polar surface area (TPSA) is 0 Å². The molecule has 0 aliphatic rings. The minimum atomic E-state index is -1.51. The molecule has 0 heterocycles. The Morgan fingerprint density at radius 2 is 0.267 bits per heavy atom. The van der Waals surface area contributed by atoms with Gasteiger partial charge in [-0.1, -0.05) is 190 Å². The number of benzene rings is 8. The first-order valence-electron chi connectivity index (χ1n) is 18.4. The van der Waals surface area contributed by atoms with Gasteiger partial charge in [0.2, 0.25) is 0 Å². The van der Waals surface area contributed by atoms with Crippen molar-refractivity contribution in [2.45, 2.75) is 0 Å². The number of hydrogen-bond acceptors (Lipinski definition) is 0. The van der Waals surface area contributed by atoms with Gasteiger partial charge in [0.25, 0.3) is 0 Å². The fraction of sp³-hybridized carbons (Fsp3) is 0. The molecule has 0 saturated heterocycles. The van der Waals surface area contributed by atoms with E-state index in [4.69, 9.17) is 92.8 Å². The predicted octanol–water partition coefficient (Wildman–Crippen LogP) is 5.36. The zero-order valence-electron chi connectivity index (χ0n) is 32.7. The van der Waals surface area contributed by atoms with Gasteiger partial charge in [-0.2, -0.15) is 43.7 Å². The Morgan fingerprint density at radius 3 is 0.350 bits per heavy atom. The predicted molar refractivity (Wildman–Crippen MR) is 260 cm³/mol. The van der Waals surface area contributed by atoms with Crippen LogP contribution in [0.3, 0.4) is 0 Å². The van der Waals surface area contributed by atoms with Crippen LogP contribution < -0.4 is 125 Å². The molecule has 8 aromatic carbocycles. The quantitative estimate of drug-likeness (QED) is 0.180. The van der Waals surface area contributed by atoms with Crippen LogP contribution in [0.25, 0.3) is 0 Å². The van der Waals surface area contributed by atoms with Crippen molar-refractivity contribution >= 4 is 149 Å². The summed E-state index contributed by atoms with van der Waals surface area (Å²) < 4.78 is 0. The minimum Gasteiger partial charge on any atom is -0.195 e. The third kappa shape index (κ3) is 11.0. The van der Waals surface area contributed by atoms with Gasteiger partial charge >= 0.3 is 80.9 Å². The van der Waals surface area contributed by atoms with Gasteiger partial charge in [-0.15, -0.1) is 0 Å². The van der Waals surface area contributed by atoms with Crippen molar-refractivity contribution in [1.29, 1.82) is 0 Å². The van der Waals surface area contributed by atoms with Crippen molar-refractivity contribution in [1.82, 2.24) is 0 Å². The fourth-order valence-corrected chi connectivity index (χ4v) is 9.33. The van der Waals surface area contributed by atoms with Crippen molar-refractivity contribution in [3.05, 3.63) is 234 Å². The van der Waals surface area contributed by atoms with E-state index in [0.29, 0.717) is 40.2 Å². The van der Waals surface area contributed by atoms with Gasteiger partial charge in [-0.25, -0.2) is 0 Å². The standard InChI is InChI=1S/2C24H16BCl4.K.Na/c2*26-21-9-1-17(2-10-21)25(18-3-11-22(27)12-4-18,19-5-13-23(28)14-6-19)20-7-15-24(29)16-8-20;;/h2*1-16H;;/q2*-1;2*+1. The first kappa shape index (κ1) is 49.9. The summed E-state index contributed by atoms with van der Waals surface area (Å²) in [5.74, 6) is 0. The van der Waals surface area contributed by atoms with Crippen LogP contribution >= 0.6 is 92.8 Å². The average Bonchev–Trinajstić information content (AvgIpc) is 3.23. The Hall–Kier alpha value is -1.15. The van der Waals surface area contributed by atoms with Crippen molar-refractivity contribution in [3.63, 3.8) is 0 Å². The summed E-state index contributed by atoms with van der Waals surface area (Å²) in [6.07, 6.45) is -3.02. The molecule has 0 bridgehead atoms. The minimum absolute atomic E-state index is 0. The van der Waals surface area contributed by atoms with Crippen molar-refractivity contribution < 1.29 is 80.9 Å². The Labute approximate surface area is 457 Å². The van der Waals surface area contributed by atoms with Crippen LogP contribution in [0.15, 0.2) is 194 Å². The maximum Gasteiger partial charge on any atom is 1.00 e. The van der Waals surface area contributed by atoms with Crippen molar-refractivity contribution in [3.8, 4) is 0 Å². The van der Waals surface area contributed by atoms with Crippen LogP contribution in [0.2, 0.25) is 40.2 Å². The van der Waals surface area contributed by atoms with E-state index >= 15 is 0 Å². The molecule has 0 aliphatic carbocycles. The summed E-state index contributed by atoms with van der Waals surface area (Å²) in [5, 5.41) is 5.57. The van der Waals surface area contributed by atoms with Gasteiger partial charge in [0.05, 0.1) is 0 Å². The summed E-state index contributed by atoms with van der Waals surface area (Å²) >= 11 is 49.7. The summed E-state index contributed by atoms with van der Waals surface area (Å²) in [5.41, 5.74) is 9.12. The van der Waals surface area contributed by atoms with Gasteiger partial charge in [-0.3, -0.25) is 0 Å². The molecule has 0 aliphatic heterocycles. The molecule has 0 atom stereocenters. The molecule has 12 heteroatoms. The van der Waals surface area contributed by atoms with Gasteiger partial charge in [-0.05, 0) is 97.1 Å². The molecule has 0 N–H and O–H groups in total. The first-order chi connectivity index (χ1) is 28.0. The second kappa shape index (κ2) is 22.6. The van der Waals surface area contributed by atoms with Crippen molar-refractivity contribution in [2.75, 3.05) is 0 Å². The van der Waals surface area contributed by atoms with Crippen LogP contribution in [0.4, 0.5) is 0 Å². The molecule has 0 fully saturated rings. The van der Waals surface area contributed by atoms with Crippen LogP contribution in [0.5, 0.6) is 0 Å². The van der Waals surface area contributed by atoms with Crippen molar-refractivity contribution in [2.24, 2.45) is 0 Å². The third-order valence-electron chi connectivity index (χ3n) is 11.0. The first-order valence-corrected chi connectivity index (χ1v) is 21.4. The second-order valence-corrected chi connectivity index (χ2v) is 17.6. The molecule has 8 rings (SSSR count). The Morgan fingerprint density at radius 1 is 0.183 bits per heavy atom. The van der Waals surface area contributed by atoms with E-state index in [-0.39, 0.29) is 80.9 Å². The normalized spacial score (nSPS) is 11.1. The molecule has 288 valence electrons. The van der Waals surface area contributed by atoms with Gasteiger partial charge in [0, 0.05) is 40.2 Å². The van der Waals surface area contributed by atoms with E-state index in [9.17, 15) is 0 Å². The summed E-state index contributed by atoms with van der Waals surface area (Å²) in [6.45, 7) is 0.